The lowest BCUT2D eigenvalue weighted by molar-refractivity contribution is -0.141. The number of likely N-dealkylation sites (tertiary alicyclic amines) is 1. The molecular weight excluding hydrogens is 549 g/mol. The Morgan fingerprint density at radius 3 is 2.44 bits per heavy atom. The zero-order valence-corrected chi connectivity index (χ0v) is 23.8. The molecular formula is C24H34Cl3N3O5S. The van der Waals surface area contributed by atoms with E-state index in [0.717, 1.165) is 5.56 Å². The third-order valence-electron chi connectivity index (χ3n) is 5.76. The summed E-state index contributed by atoms with van der Waals surface area (Å²) in [6, 6.07) is 2.97. The lowest BCUT2D eigenvalue weighted by Crippen LogP contribution is -2.49. The van der Waals surface area contributed by atoms with Gasteiger partial charge in [0.2, 0.25) is 5.91 Å². The maximum Gasteiger partial charge on any atom is 0.253 e. The van der Waals surface area contributed by atoms with E-state index < -0.39 is 39.7 Å². The molecule has 3 N–H and O–H groups in total. The minimum atomic E-state index is -1.40. The van der Waals surface area contributed by atoms with Crippen LogP contribution in [0.1, 0.15) is 45.2 Å². The number of amides is 2. The van der Waals surface area contributed by atoms with Crippen molar-refractivity contribution in [3.63, 3.8) is 0 Å². The summed E-state index contributed by atoms with van der Waals surface area (Å²) in [6.45, 7) is 10.1. The summed E-state index contributed by atoms with van der Waals surface area (Å²) >= 11 is 18.0. The summed E-state index contributed by atoms with van der Waals surface area (Å²) in [5.74, 6) is -0.674. The van der Waals surface area contributed by atoms with Gasteiger partial charge in [-0.1, -0.05) is 35.9 Å². The zero-order valence-electron chi connectivity index (χ0n) is 20.7. The van der Waals surface area contributed by atoms with Crippen LogP contribution in [0.3, 0.4) is 0 Å². The molecule has 0 spiro atoms. The molecule has 1 heterocycles. The summed E-state index contributed by atoms with van der Waals surface area (Å²) in [6.07, 6.45) is 1.41. The van der Waals surface area contributed by atoms with Crippen LogP contribution in [0.4, 0.5) is 0 Å². The number of nitrogens with zero attached hydrogens (tertiary/aromatic N) is 1. The van der Waals surface area contributed by atoms with Gasteiger partial charge < -0.3 is 20.1 Å². The molecule has 2 rings (SSSR count). The van der Waals surface area contributed by atoms with Gasteiger partial charge >= 0.3 is 0 Å². The lowest BCUT2D eigenvalue weighted by Gasteiger charge is -2.38. The van der Waals surface area contributed by atoms with Gasteiger partial charge in [-0.15, -0.1) is 11.6 Å². The molecule has 0 aromatic heterocycles. The van der Waals surface area contributed by atoms with Gasteiger partial charge in [0.25, 0.3) is 5.91 Å². The minimum Gasteiger partial charge on any atom is -0.489 e. The fourth-order valence-electron chi connectivity index (χ4n) is 3.78. The van der Waals surface area contributed by atoms with Crippen LogP contribution in [0.2, 0.25) is 10.0 Å². The first-order valence-corrected chi connectivity index (χ1v) is 14.0. The zero-order chi connectivity index (χ0) is 27.0. The molecule has 0 bridgehead atoms. The highest BCUT2D eigenvalue weighted by Crippen LogP contribution is 2.40. The number of hydrogen-bond acceptors (Lipinski definition) is 5. The van der Waals surface area contributed by atoms with E-state index in [1.54, 1.807) is 23.1 Å². The molecule has 1 saturated heterocycles. The molecule has 202 valence electrons. The maximum absolute atomic E-state index is 13.1. The first-order chi connectivity index (χ1) is 16.9. The first-order valence-electron chi connectivity index (χ1n) is 11.6. The molecule has 1 unspecified atom stereocenters. The van der Waals surface area contributed by atoms with E-state index >= 15 is 0 Å². The summed E-state index contributed by atoms with van der Waals surface area (Å²) in [5.41, 5.74) is 0.720. The molecule has 0 aliphatic carbocycles. The van der Waals surface area contributed by atoms with Gasteiger partial charge in [0, 0.05) is 24.7 Å². The van der Waals surface area contributed by atoms with Crippen LogP contribution in [-0.4, -0.2) is 69.0 Å². The Balaban J connectivity index is 2.25. The van der Waals surface area contributed by atoms with Crippen molar-refractivity contribution in [2.45, 2.75) is 50.5 Å². The van der Waals surface area contributed by atoms with Crippen molar-refractivity contribution in [3.8, 4) is 5.75 Å². The Morgan fingerprint density at radius 2 is 1.89 bits per heavy atom. The van der Waals surface area contributed by atoms with Gasteiger partial charge in [0.15, 0.2) is 0 Å². The monoisotopic (exact) mass is 581 g/mol. The fourth-order valence-corrected chi connectivity index (χ4v) is 5.10. The molecule has 12 heteroatoms. The average molecular weight is 583 g/mol. The number of hydrogen-bond donors (Lipinski definition) is 3. The van der Waals surface area contributed by atoms with Crippen molar-refractivity contribution >= 4 is 57.6 Å². The van der Waals surface area contributed by atoms with E-state index in [2.05, 4.69) is 16.6 Å². The second-order valence-corrected chi connectivity index (χ2v) is 12.6. The summed E-state index contributed by atoms with van der Waals surface area (Å²) < 4.78 is 21.7. The Bertz CT molecular complexity index is 965. The van der Waals surface area contributed by atoms with Gasteiger partial charge in [-0.3, -0.25) is 9.59 Å². The second-order valence-electron chi connectivity index (χ2n) is 9.50. The quantitative estimate of drug-likeness (QED) is 0.273. The van der Waals surface area contributed by atoms with Gasteiger partial charge in [-0.2, -0.15) is 0 Å². The van der Waals surface area contributed by atoms with Crippen LogP contribution in [-0.2, 0) is 20.6 Å². The molecule has 2 amide bonds. The first kappa shape index (κ1) is 30.9. The van der Waals surface area contributed by atoms with E-state index in [-0.39, 0.29) is 24.9 Å². The highest BCUT2D eigenvalue weighted by molar-refractivity contribution is 7.84. The fraction of sp³-hybridized carbons (Fsp3) is 0.583. The van der Waals surface area contributed by atoms with Crippen molar-refractivity contribution in [1.29, 1.82) is 0 Å². The second kappa shape index (κ2) is 14.0. The highest BCUT2D eigenvalue weighted by atomic mass is 35.5. The van der Waals surface area contributed by atoms with Gasteiger partial charge in [-0.25, -0.2) is 8.93 Å². The minimum absolute atomic E-state index is 0.0169. The summed E-state index contributed by atoms with van der Waals surface area (Å²) in [7, 11) is -1.40. The Hall–Kier alpha value is -1.36. The van der Waals surface area contributed by atoms with Gasteiger partial charge in [0.1, 0.15) is 24.3 Å². The largest absolute Gasteiger partial charge is 0.489 e. The Labute approximate surface area is 230 Å². The Morgan fingerprint density at radius 1 is 1.28 bits per heavy atom. The van der Waals surface area contributed by atoms with Crippen molar-refractivity contribution in [3.05, 3.63) is 40.4 Å². The maximum atomic E-state index is 13.1. The van der Waals surface area contributed by atoms with E-state index in [1.807, 2.05) is 20.8 Å². The van der Waals surface area contributed by atoms with Gasteiger partial charge in [-0.05, 0) is 45.6 Å². The van der Waals surface area contributed by atoms with E-state index in [0.29, 0.717) is 41.7 Å². The third kappa shape index (κ3) is 8.60. The van der Waals surface area contributed by atoms with Crippen LogP contribution in [0.5, 0.6) is 5.75 Å². The van der Waals surface area contributed by atoms with Crippen molar-refractivity contribution < 1.29 is 23.6 Å². The van der Waals surface area contributed by atoms with E-state index in [4.69, 9.17) is 39.5 Å². The topological polar surface area (TPSA) is 108 Å². The molecule has 3 atom stereocenters. The molecule has 36 heavy (non-hydrogen) atoms. The lowest BCUT2D eigenvalue weighted by atomic mass is 9.85. The average Bonchev–Trinajstić information content (AvgIpc) is 2.85. The number of piperidine rings is 1. The van der Waals surface area contributed by atoms with E-state index in [1.165, 1.54) is 0 Å². The molecule has 0 radical (unpaired) electrons. The number of halogens is 3. The number of benzene rings is 1. The standard InChI is InChI=1S/C24H34Cl3N3O5S/c1-5-10-35-20-12-18(27)17(26)11-16(20)22(29-36(34)24(2,3)4)15-6-8-30(9-7-15)23(33)19(31)14-28-21(32)13-25/h5,11-12,15,19,22,29,31H,1,6-10,13-14H2,2-4H3,(H,28,32)/t19?,22-,36+/m1/s1. The Kier molecular flexibility index (Phi) is 12.0. The summed E-state index contributed by atoms with van der Waals surface area (Å²) in [4.78, 5) is 25.6. The molecule has 0 saturated carbocycles. The van der Waals surface area contributed by atoms with Crippen LogP contribution in [0, 0.1) is 5.92 Å². The molecule has 1 aliphatic rings. The van der Waals surface area contributed by atoms with Gasteiger partial charge in [0.05, 0.1) is 38.4 Å². The summed E-state index contributed by atoms with van der Waals surface area (Å²) in [5, 5.41) is 13.3. The molecule has 1 fully saturated rings. The van der Waals surface area contributed by atoms with Crippen LogP contribution >= 0.6 is 34.8 Å². The predicted molar refractivity (Wildman–Crippen MR) is 145 cm³/mol. The normalized spacial score (nSPS) is 17.2. The van der Waals surface area contributed by atoms with Crippen LogP contribution in [0.25, 0.3) is 0 Å². The number of aliphatic hydroxyl groups excluding tert-OH is 1. The van der Waals surface area contributed by atoms with Crippen molar-refractivity contribution in [1.82, 2.24) is 14.9 Å². The number of rotatable bonds is 11. The van der Waals surface area contributed by atoms with Crippen molar-refractivity contribution in [2.24, 2.45) is 5.92 Å². The van der Waals surface area contributed by atoms with Crippen LogP contribution in [0.15, 0.2) is 24.8 Å². The molecule has 1 aliphatic heterocycles. The van der Waals surface area contributed by atoms with E-state index in [9.17, 15) is 18.9 Å². The van der Waals surface area contributed by atoms with Crippen LogP contribution < -0.4 is 14.8 Å². The highest BCUT2D eigenvalue weighted by Gasteiger charge is 2.35. The van der Waals surface area contributed by atoms with Crippen molar-refractivity contribution in [2.75, 3.05) is 32.1 Å². The molecule has 1 aromatic carbocycles. The number of alkyl halides is 1. The number of carbonyl (C=O) groups excluding carboxylic acids is 2. The molecule has 8 nitrogen and oxygen atoms in total. The number of nitrogens with one attached hydrogen (secondary N) is 2. The smallest absolute Gasteiger partial charge is 0.253 e. The number of carbonyl (C=O) groups is 2. The predicted octanol–water partition coefficient (Wildman–Crippen LogP) is 3.61. The SMILES string of the molecule is C=CCOc1cc(Cl)c(Cl)cc1[C@H](N[S@@](=O)C(C)(C)C)C1CCN(C(=O)C(O)CNC(=O)CCl)CC1. The number of ether oxygens (including phenoxy) is 1. The number of aliphatic hydroxyl groups is 1. The molecule has 1 aromatic rings. The third-order valence-corrected chi connectivity index (χ3v) is 8.30.